The summed E-state index contributed by atoms with van der Waals surface area (Å²) in [5.74, 6) is 1.43. The third-order valence-electron chi connectivity index (χ3n) is 2.11. The maximum Gasteiger partial charge on any atom is 0.253 e. The summed E-state index contributed by atoms with van der Waals surface area (Å²) < 4.78 is 10.6. The Morgan fingerprint density at radius 1 is 1.41 bits per heavy atom. The highest BCUT2D eigenvalue weighted by Gasteiger charge is 2.07. The Balaban J connectivity index is 2.08. The van der Waals surface area contributed by atoms with Gasteiger partial charge in [0, 0.05) is 17.5 Å². The normalized spacial score (nSPS) is 10.5. The van der Waals surface area contributed by atoms with Crippen LogP contribution < -0.4 is 4.74 Å². The van der Waals surface area contributed by atoms with Crippen LogP contribution in [-0.2, 0) is 13.2 Å². The fraction of sp³-hybridized carbons (Fsp3) is 0.273. The average molecular weight is 255 g/mol. The van der Waals surface area contributed by atoms with Gasteiger partial charge in [0.2, 0.25) is 5.89 Å². The summed E-state index contributed by atoms with van der Waals surface area (Å²) in [5, 5.41) is 17.2. The molecule has 0 aliphatic rings. The lowest BCUT2D eigenvalue weighted by molar-refractivity contribution is 0.240. The van der Waals surface area contributed by atoms with Gasteiger partial charge in [0.25, 0.3) is 5.89 Å². The summed E-state index contributed by atoms with van der Waals surface area (Å²) in [5.41, 5.74) is 0.619. The number of halogens is 1. The number of hydrogen-bond donors (Lipinski definition) is 1. The molecule has 0 atom stereocenters. The third-order valence-corrected chi connectivity index (χ3v) is 2.35. The van der Waals surface area contributed by atoms with E-state index in [0.29, 0.717) is 28.1 Å². The number of aromatic nitrogens is 2. The summed E-state index contributed by atoms with van der Waals surface area (Å²) in [6, 6.07) is 5.03. The van der Waals surface area contributed by atoms with Crippen LogP contribution in [0.3, 0.4) is 0 Å². The molecule has 0 amide bonds. The lowest BCUT2D eigenvalue weighted by Gasteiger charge is -2.08. The molecule has 0 spiro atoms. The van der Waals surface area contributed by atoms with Gasteiger partial charge in [0.15, 0.2) is 6.61 Å². The summed E-state index contributed by atoms with van der Waals surface area (Å²) in [4.78, 5) is 0. The monoisotopic (exact) mass is 254 g/mol. The van der Waals surface area contributed by atoms with Gasteiger partial charge in [0.1, 0.15) is 5.75 Å². The maximum absolute atomic E-state index is 9.15. The van der Waals surface area contributed by atoms with Crippen molar-refractivity contribution in [3.63, 3.8) is 0 Å². The smallest absolute Gasteiger partial charge is 0.253 e. The molecule has 0 bridgehead atoms. The second-order valence-corrected chi connectivity index (χ2v) is 3.85. The summed E-state index contributed by atoms with van der Waals surface area (Å²) in [7, 11) is 0. The lowest BCUT2D eigenvalue weighted by atomic mass is 10.2. The SMILES string of the molecule is Cc1nnc(COc2ccc(Cl)cc2CO)o1. The number of rotatable bonds is 4. The van der Waals surface area contributed by atoms with Gasteiger partial charge < -0.3 is 14.3 Å². The van der Waals surface area contributed by atoms with Crippen LogP contribution in [0.1, 0.15) is 17.3 Å². The number of hydrogen-bond acceptors (Lipinski definition) is 5. The zero-order valence-electron chi connectivity index (χ0n) is 9.18. The summed E-state index contributed by atoms with van der Waals surface area (Å²) in [6.45, 7) is 1.73. The van der Waals surface area contributed by atoms with Gasteiger partial charge in [-0.25, -0.2) is 0 Å². The number of ether oxygens (including phenoxy) is 1. The van der Waals surface area contributed by atoms with Crippen LogP contribution in [0.4, 0.5) is 0 Å². The van der Waals surface area contributed by atoms with Gasteiger partial charge >= 0.3 is 0 Å². The molecule has 90 valence electrons. The van der Waals surface area contributed by atoms with E-state index in [0.717, 1.165) is 0 Å². The van der Waals surface area contributed by atoms with Crippen molar-refractivity contribution in [2.45, 2.75) is 20.1 Å². The zero-order valence-corrected chi connectivity index (χ0v) is 9.94. The molecule has 0 unspecified atom stereocenters. The van der Waals surface area contributed by atoms with Crippen molar-refractivity contribution >= 4 is 11.6 Å². The van der Waals surface area contributed by atoms with Gasteiger partial charge in [-0.15, -0.1) is 10.2 Å². The predicted molar refractivity (Wildman–Crippen MR) is 60.7 cm³/mol. The molecule has 1 N–H and O–H groups in total. The van der Waals surface area contributed by atoms with E-state index in [1.54, 1.807) is 25.1 Å². The first-order chi connectivity index (χ1) is 8.19. The standard InChI is InChI=1S/C11H11ClN2O3/c1-7-13-14-11(17-7)6-16-10-3-2-9(12)4-8(10)5-15/h2-4,15H,5-6H2,1H3. The van der Waals surface area contributed by atoms with Crippen LogP contribution in [0.5, 0.6) is 5.75 Å². The first kappa shape index (κ1) is 11.9. The lowest BCUT2D eigenvalue weighted by Crippen LogP contribution is -1.99. The molecule has 0 saturated heterocycles. The quantitative estimate of drug-likeness (QED) is 0.905. The van der Waals surface area contributed by atoms with Crippen molar-refractivity contribution in [1.82, 2.24) is 10.2 Å². The molecule has 2 rings (SSSR count). The fourth-order valence-electron chi connectivity index (χ4n) is 1.35. The molecule has 0 radical (unpaired) electrons. The van der Waals surface area contributed by atoms with Gasteiger partial charge in [-0.1, -0.05) is 11.6 Å². The number of aliphatic hydroxyl groups excluding tert-OH is 1. The van der Waals surface area contributed by atoms with Crippen LogP contribution in [0.15, 0.2) is 22.6 Å². The van der Waals surface area contributed by atoms with E-state index in [1.807, 2.05) is 0 Å². The molecule has 1 aromatic carbocycles. The maximum atomic E-state index is 9.15. The third kappa shape index (κ3) is 2.95. The Morgan fingerprint density at radius 2 is 2.24 bits per heavy atom. The molecule has 0 aliphatic carbocycles. The van der Waals surface area contributed by atoms with E-state index in [4.69, 9.17) is 25.9 Å². The molecule has 2 aromatic rings. The second kappa shape index (κ2) is 5.16. The van der Waals surface area contributed by atoms with Crippen LogP contribution >= 0.6 is 11.6 Å². The predicted octanol–water partition coefficient (Wildman–Crippen LogP) is 2.10. The van der Waals surface area contributed by atoms with Gasteiger partial charge in [-0.2, -0.15) is 0 Å². The van der Waals surface area contributed by atoms with Crippen molar-refractivity contribution in [1.29, 1.82) is 0 Å². The van der Waals surface area contributed by atoms with Crippen molar-refractivity contribution in [3.8, 4) is 5.75 Å². The van der Waals surface area contributed by atoms with Crippen molar-refractivity contribution in [3.05, 3.63) is 40.6 Å². The molecule has 1 heterocycles. The van der Waals surface area contributed by atoms with Crippen molar-refractivity contribution in [2.24, 2.45) is 0 Å². The molecule has 0 fully saturated rings. The van der Waals surface area contributed by atoms with E-state index in [1.165, 1.54) is 0 Å². The van der Waals surface area contributed by atoms with E-state index >= 15 is 0 Å². The summed E-state index contributed by atoms with van der Waals surface area (Å²) >= 11 is 5.81. The minimum absolute atomic E-state index is 0.140. The molecular weight excluding hydrogens is 244 g/mol. The summed E-state index contributed by atoms with van der Waals surface area (Å²) in [6.07, 6.45) is 0. The number of benzene rings is 1. The van der Waals surface area contributed by atoms with Crippen LogP contribution in [-0.4, -0.2) is 15.3 Å². The molecule has 17 heavy (non-hydrogen) atoms. The van der Waals surface area contributed by atoms with Crippen molar-refractivity contribution in [2.75, 3.05) is 0 Å². The minimum Gasteiger partial charge on any atom is -0.483 e. The molecule has 6 heteroatoms. The Labute approximate surface area is 103 Å². The topological polar surface area (TPSA) is 68.4 Å². The number of aryl methyl sites for hydroxylation is 1. The molecule has 1 aromatic heterocycles. The van der Waals surface area contributed by atoms with Gasteiger partial charge in [-0.05, 0) is 18.2 Å². The highest BCUT2D eigenvalue weighted by molar-refractivity contribution is 6.30. The van der Waals surface area contributed by atoms with Gasteiger partial charge in [0.05, 0.1) is 6.61 Å². The molecule has 0 aliphatic heterocycles. The Kier molecular flexibility index (Phi) is 3.61. The van der Waals surface area contributed by atoms with E-state index in [2.05, 4.69) is 10.2 Å². The van der Waals surface area contributed by atoms with Crippen LogP contribution in [0.2, 0.25) is 5.02 Å². The van der Waals surface area contributed by atoms with E-state index in [-0.39, 0.29) is 13.2 Å². The Bertz CT molecular complexity index is 513. The minimum atomic E-state index is -0.140. The largest absolute Gasteiger partial charge is 0.483 e. The van der Waals surface area contributed by atoms with Gasteiger partial charge in [-0.3, -0.25) is 0 Å². The number of nitrogens with zero attached hydrogens (tertiary/aromatic N) is 2. The first-order valence-electron chi connectivity index (χ1n) is 5.00. The van der Waals surface area contributed by atoms with E-state index in [9.17, 15) is 0 Å². The Hall–Kier alpha value is -1.59. The van der Waals surface area contributed by atoms with Crippen molar-refractivity contribution < 1.29 is 14.3 Å². The molecule has 0 saturated carbocycles. The van der Waals surface area contributed by atoms with Crippen LogP contribution in [0, 0.1) is 6.92 Å². The highest BCUT2D eigenvalue weighted by Crippen LogP contribution is 2.23. The second-order valence-electron chi connectivity index (χ2n) is 3.41. The number of aliphatic hydroxyl groups is 1. The zero-order chi connectivity index (χ0) is 12.3. The highest BCUT2D eigenvalue weighted by atomic mass is 35.5. The Morgan fingerprint density at radius 3 is 2.88 bits per heavy atom. The fourth-order valence-corrected chi connectivity index (χ4v) is 1.54. The first-order valence-corrected chi connectivity index (χ1v) is 5.38. The van der Waals surface area contributed by atoms with E-state index < -0.39 is 0 Å². The molecular formula is C11H11ClN2O3. The average Bonchev–Trinajstić information content (AvgIpc) is 2.73. The molecule has 5 nitrogen and oxygen atoms in total. The van der Waals surface area contributed by atoms with Crippen LogP contribution in [0.25, 0.3) is 0 Å².